The SMILES string of the molecule is CCn1ncc2c3nc4cc(-c5ccccc5)[nH]n4c(=O)c3cnc21. The predicted molar refractivity (Wildman–Crippen MR) is 95.5 cm³/mol. The highest BCUT2D eigenvalue weighted by molar-refractivity contribution is 6.01. The van der Waals surface area contributed by atoms with Crippen molar-refractivity contribution in [2.45, 2.75) is 13.5 Å². The number of nitrogens with zero attached hydrogens (tertiary/aromatic N) is 5. The van der Waals surface area contributed by atoms with E-state index in [1.165, 1.54) is 4.52 Å². The van der Waals surface area contributed by atoms with Gasteiger partial charge in [0.1, 0.15) is 0 Å². The van der Waals surface area contributed by atoms with Gasteiger partial charge in [-0.3, -0.25) is 9.89 Å². The second-order valence-corrected chi connectivity index (χ2v) is 5.86. The van der Waals surface area contributed by atoms with E-state index >= 15 is 0 Å². The number of rotatable bonds is 2. The van der Waals surface area contributed by atoms with Gasteiger partial charge in [-0.05, 0) is 12.5 Å². The van der Waals surface area contributed by atoms with Gasteiger partial charge in [0.15, 0.2) is 11.3 Å². The molecule has 1 aromatic carbocycles. The van der Waals surface area contributed by atoms with Crippen LogP contribution in [0.1, 0.15) is 6.92 Å². The maximum Gasteiger partial charge on any atom is 0.282 e. The van der Waals surface area contributed by atoms with Crippen LogP contribution in [-0.4, -0.2) is 29.4 Å². The summed E-state index contributed by atoms with van der Waals surface area (Å²) in [6.45, 7) is 2.72. The highest BCUT2D eigenvalue weighted by Crippen LogP contribution is 2.22. The Morgan fingerprint density at radius 3 is 2.76 bits per heavy atom. The molecule has 0 fully saturated rings. The Hall–Kier alpha value is -3.48. The molecule has 0 amide bonds. The lowest BCUT2D eigenvalue weighted by molar-refractivity contribution is 0.677. The molecular formula is C18H14N6O. The van der Waals surface area contributed by atoms with E-state index in [0.29, 0.717) is 23.1 Å². The van der Waals surface area contributed by atoms with Crippen molar-refractivity contribution in [2.75, 3.05) is 0 Å². The number of aryl methyl sites for hydroxylation is 1. The van der Waals surface area contributed by atoms with Crippen molar-refractivity contribution in [1.82, 2.24) is 29.4 Å². The molecule has 0 aliphatic heterocycles. The second kappa shape index (κ2) is 5.01. The van der Waals surface area contributed by atoms with Crippen LogP contribution >= 0.6 is 0 Å². The van der Waals surface area contributed by atoms with E-state index in [0.717, 1.165) is 22.3 Å². The molecule has 5 aromatic rings. The summed E-state index contributed by atoms with van der Waals surface area (Å²) < 4.78 is 3.26. The van der Waals surface area contributed by atoms with Crippen LogP contribution in [0, 0.1) is 0 Å². The van der Waals surface area contributed by atoms with Crippen LogP contribution in [0.25, 0.3) is 38.8 Å². The summed E-state index contributed by atoms with van der Waals surface area (Å²) in [5.74, 6) is 0. The van der Waals surface area contributed by atoms with Crippen molar-refractivity contribution in [1.29, 1.82) is 0 Å². The summed E-state index contributed by atoms with van der Waals surface area (Å²) in [5.41, 5.74) is 3.62. The minimum Gasteiger partial charge on any atom is -0.289 e. The van der Waals surface area contributed by atoms with E-state index in [1.807, 2.05) is 43.3 Å². The number of fused-ring (bicyclic) bond motifs is 4. The van der Waals surface area contributed by atoms with Gasteiger partial charge in [0.05, 0.1) is 28.2 Å². The summed E-state index contributed by atoms with van der Waals surface area (Å²) in [5, 5.41) is 8.72. The van der Waals surface area contributed by atoms with Crippen LogP contribution in [0.3, 0.4) is 0 Å². The third-order valence-electron chi connectivity index (χ3n) is 4.42. The van der Waals surface area contributed by atoms with E-state index < -0.39 is 0 Å². The molecule has 7 nitrogen and oxygen atoms in total. The van der Waals surface area contributed by atoms with E-state index in [-0.39, 0.29) is 5.56 Å². The number of aromatic amines is 1. The molecule has 4 aromatic heterocycles. The molecule has 0 saturated carbocycles. The van der Waals surface area contributed by atoms with Crippen molar-refractivity contribution < 1.29 is 0 Å². The first kappa shape index (κ1) is 13.9. The van der Waals surface area contributed by atoms with Gasteiger partial charge in [-0.25, -0.2) is 19.2 Å². The number of pyridine rings is 1. The van der Waals surface area contributed by atoms with Crippen molar-refractivity contribution in [3.63, 3.8) is 0 Å². The van der Waals surface area contributed by atoms with Gasteiger partial charge in [0.2, 0.25) is 0 Å². The summed E-state index contributed by atoms with van der Waals surface area (Å²) in [6.07, 6.45) is 3.30. The van der Waals surface area contributed by atoms with Crippen molar-refractivity contribution >= 4 is 27.6 Å². The Balaban J connectivity index is 1.86. The molecule has 0 spiro atoms. The quantitative estimate of drug-likeness (QED) is 0.539. The Kier molecular flexibility index (Phi) is 2.79. The highest BCUT2D eigenvalue weighted by atomic mass is 16.1. The summed E-state index contributed by atoms with van der Waals surface area (Å²) in [6, 6.07) is 11.7. The molecule has 0 aliphatic rings. The number of benzene rings is 1. The van der Waals surface area contributed by atoms with Crippen LogP contribution in [0.2, 0.25) is 0 Å². The second-order valence-electron chi connectivity index (χ2n) is 5.86. The minimum absolute atomic E-state index is 0.166. The number of H-pyrrole nitrogens is 1. The van der Waals surface area contributed by atoms with Gasteiger partial charge in [0.25, 0.3) is 5.56 Å². The number of aromatic nitrogens is 6. The van der Waals surface area contributed by atoms with Gasteiger partial charge in [-0.1, -0.05) is 30.3 Å². The molecule has 5 rings (SSSR count). The number of hydrogen-bond acceptors (Lipinski definition) is 4. The van der Waals surface area contributed by atoms with Crippen molar-refractivity contribution in [2.24, 2.45) is 0 Å². The fourth-order valence-corrected chi connectivity index (χ4v) is 3.16. The maximum absolute atomic E-state index is 12.9. The average Bonchev–Trinajstić information content (AvgIpc) is 3.26. The summed E-state index contributed by atoms with van der Waals surface area (Å²) >= 11 is 0. The predicted octanol–water partition coefficient (Wildman–Crippen LogP) is 2.61. The largest absolute Gasteiger partial charge is 0.289 e. The van der Waals surface area contributed by atoms with Crippen LogP contribution in [0.5, 0.6) is 0 Å². The number of nitrogens with one attached hydrogen (secondary N) is 1. The average molecular weight is 330 g/mol. The third kappa shape index (κ3) is 1.92. The molecule has 0 unspecified atom stereocenters. The van der Waals surface area contributed by atoms with Gasteiger partial charge in [0, 0.05) is 18.8 Å². The van der Waals surface area contributed by atoms with E-state index in [2.05, 4.69) is 15.2 Å². The monoisotopic (exact) mass is 330 g/mol. The molecule has 0 aliphatic carbocycles. The van der Waals surface area contributed by atoms with E-state index in [9.17, 15) is 4.79 Å². The summed E-state index contributed by atoms with van der Waals surface area (Å²) in [7, 11) is 0. The van der Waals surface area contributed by atoms with Gasteiger partial charge in [-0.2, -0.15) is 5.10 Å². The molecule has 0 saturated heterocycles. The first-order valence-electron chi connectivity index (χ1n) is 8.07. The molecule has 122 valence electrons. The van der Waals surface area contributed by atoms with Crippen LogP contribution in [0.15, 0.2) is 53.6 Å². The third-order valence-corrected chi connectivity index (χ3v) is 4.42. The van der Waals surface area contributed by atoms with Crippen LogP contribution < -0.4 is 5.56 Å². The molecule has 0 atom stereocenters. The Morgan fingerprint density at radius 2 is 1.96 bits per heavy atom. The lowest BCUT2D eigenvalue weighted by atomic mass is 10.2. The van der Waals surface area contributed by atoms with Crippen molar-refractivity contribution in [3.05, 3.63) is 59.1 Å². The fraction of sp³-hybridized carbons (Fsp3) is 0.111. The molecular weight excluding hydrogens is 316 g/mol. The zero-order valence-electron chi connectivity index (χ0n) is 13.5. The van der Waals surface area contributed by atoms with Crippen LogP contribution in [0.4, 0.5) is 0 Å². The van der Waals surface area contributed by atoms with E-state index in [4.69, 9.17) is 4.98 Å². The normalized spacial score (nSPS) is 11.7. The molecule has 0 bridgehead atoms. The standard InChI is InChI=1S/C18H14N6O/c1-2-23-17-12(10-20-23)16-13(9-19-17)18(25)24-15(21-16)8-14(22-24)11-6-4-3-5-7-11/h3-10,22H,2H2,1H3. The van der Waals surface area contributed by atoms with Gasteiger partial charge in [-0.15, -0.1) is 0 Å². The molecule has 0 radical (unpaired) electrons. The fourth-order valence-electron chi connectivity index (χ4n) is 3.16. The van der Waals surface area contributed by atoms with Crippen LogP contribution in [-0.2, 0) is 6.54 Å². The first-order valence-corrected chi connectivity index (χ1v) is 8.07. The molecule has 7 heteroatoms. The molecule has 1 N–H and O–H groups in total. The lowest BCUT2D eigenvalue weighted by Crippen LogP contribution is -2.15. The molecule has 4 heterocycles. The van der Waals surface area contributed by atoms with E-state index in [1.54, 1.807) is 17.1 Å². The maximum atomic E-state index is 12.9. The summed E-state index contributed by atoms with van der Waals surface area (Å²) in [4.78, 5) is 22.0. The zero-order valence-corrected chi connectivity index (χ0v) is 13.5. The smallest absolute Gasteiger partial charge is 0.282 e. The minimum atomic E-state index is -0.166. The molecule has 25 heavy (non-hydrogen) atoms. The van der Waals surface area contributed by atoms with Gasteiger partial charge < -0.3 is 0 Å². The Bertz CT molecular complexity index is 1300. The number of hydrogen-bond donors (Lipinski definition) is 1. The Morgan fingerprint density at radius 1 is 1.12 bits per heavy atom. The lowest BCUT2D eigenvalue weighted by Gasteiger charge is -2.01. The van der Waals surface area contributed by atoms with Gasteiger partial charge >= 0.3 is 0 Å². The zero-order chi connectivity index (χ0) is 17.0. The Labute approximate surface area is 141 Å². The first-order chi connectivity index (χ1) is 12.3. The highest BCUT2D eigenvalue weighted by Gasteiger charge is 2.14. The van der Waals surface area contributed by atoms with Crippen molar-refractivity contribution in [3.8, 4) is 11.3 Å². The topological polar surface area (TPSA) is 80.9 Å².